The molecule has 0 unspecified atom stereocenters. The van der Waals surface area contributed by atoms with Crippen molar-refractivity contribution < 1.29 is 4.79 Å². The minimum absolute atomic E-state index is 0.250. The molecule has 4 aliphatic carbocycles. The number of fused-ring (bicyclic) bond motifs is 5. The Morgan fingerprint density at radius 2 is 1.71 bits per heavy atom. The number of allylic oxidation sites excluding steroid dienone is 2. The van der Waals surface area contributed by atoms with E-state index >= 15 is 0 Å². The molecule has 4 saturated carbocycles. The zero-order chi connectivity index (χ0) is 22.4. The Morgan fingerprint density at radius 3 is 2.42 bits per heavy atom. The van der Waals surface area contributed by atoms with Crippen LogP contribution in [0.1, 0.15) is 119 Å². The van der Waals surface area contributed by atoms with Gasteiger partial charge in [0.25, 0.3) is 0 Å². The molecule has 1 nitrogen and oxygen atoms in total. The summed E-state index contributed by atoms with van der Waals surface area (Å²) >= 11 is 0. The molecular weight excluding hydrogens is 376 g/mol. The van der Waals surface area contributed by atoms with Crippen molar-refractivity contribution in [1.82, 2.24) is 0 Å². The van der Waals surface area contributed by atoms with Crippen LogP contribution in [0.2, 0.25) is 0 Å². The Balaban J connectivity index is 1.46. The fourth-order valence-corrected chi connectivity index (χ4v) is 9.55. The molecule has 0 aromatic rings. The Hall–Kier alpha value is -0.590. The minimum Gasteiger partial charge on any atom is -0.295 e. The Bertz CT molecular complexity index is 689. The Labute approximate surface area is 193 Å². The first-order chi connectivity index (χ1) is 14.6. The maximum Gasteiger partial charge on any atom is 0.152 e. The molecule has 4 aliphatic rings. The van der Waals surface area contributed by atoms with Gasteiger partial charge in [-0.15, -0.1) is 0 Å². The number of carbonyl (C=O) groups excluding carboxylic acids is 1. The molecule has 0 aliphatic heterocycles. The quantitative estimate of drug-likeness (QED) is 0.388. The summed E-state index contributed by atoms with van der Waals surface area (Å²) in [6.07, 6.45) is 18.8. The van der Waals surface area contributed by atoms with Crippen molar-refractivity contribution in [3.63, 3.8) is 0 Å². The van der Waals surface area contributed by atoms with Gasteiger partial charge in [0, 0.05) is 0 Å². The molecule has 4 fully saturated rings. The van der Waals surface area contributed by atoms with Crippen molar-refractivity contribution in [2.45, 2.75) is 119 Å². The average Bonchev–Trinajstić information content (AvgIpc) is 3.05. The van der Waals surface area contributed by atoms with Gasteiger partial charge in [0.05, 0.1) is 0 Å². The lowest BCUT2D eigenvalue weighted by molar-refractivity contribution is -0.113. The highest BCUT2D eigenvalue weighted by Gasteiger charge is 2.60. The van der Waals surface area contributed by atoms with Crippen molar-refractivity contribution in [2.75, 3.05) is 0 Å². The highest BCUT2D eigenvalue weighted by Crippen LogP contribution is 2.68. The molecule has 4 rings (SSSR count). The normalized spacial score (nSPS) is 44.6. The molecule has 0 amide bonds. The average molecular weight is 427 g/mol. The molecular formula is C30H50O. The molecule has 0 aromatic heterocycles. The third-order valence-electron chi connectivity index (χ3n) is 11.2. The first-order valence-electron chi connectivity index (χ1n) is 13.8. The van der Waals surface area contributed by atoms with E-state index in [0.29, 0.717) is 10.8 Å². The van der Waals surface area contributed by atoms with E-state index in [-0.39, 0.29) is 5.78 Å². The third kappa shape index (κ3) is 4.33. The van der Waals surface area contributed by atoms with E-state index in [1.165, 1.54) is 82.6 Å². The lowest BCUT2D eigenvalue weighted by Gasteiger charge is -2.61. The monoisotopic (exact) mass is 426 g/mol. The van der Waals surface area contributed by atoms with Crippen LogP contribution < -0.4 is 0 Å². The van der Waals surface area contributed by atoms with Gasteiger partial charge in [-0.25, -0.2) is 0 Å². The maximum absolute atomic E-state index is 11.6. The second-order valence-electron chi connectivity index (χ2n) is 13.3. The Morgan fingerprint density at radius 1 is 0.968 bits per heavy atom. The second-order valence-corrected chi connectivity index (χ2v) is 13.3. The molecule has 1 heteroatoms. The van der Waals surface area contributed by atoms with Crippen LogP contribution >= 0.6 is 0 Å². The van der Waals surface area contributed by atoms with Gasteiger partial charge in [0.2, 0.25) is 0 Å². The predicted octanol–water partition coefficient (Wildman–Crippen LogP) is 8.62. The number of carbonyl (C=O) groups is 1. The minimum atomic E-state index is 0.250. The highest BCUT2D eigenvalue weighted by atomic mass is 16.1. The largest absolute Gasteiger partial charge is 0.295 e. The van der Waals surface area contributed by atoms with E-state index in [9.17, 15) is 4.79 Å². The van der Waals surface area contributed by atoms with E-state index in [0.717, 1.165) is 41.4 Å². The topological polar surface area (TPSA) is 17.1 Å². The Kier molecular flexibility index (Phi) is 6.83. The molecule has 0 N–H and O–H groups in total. The van der Waals surface area contributed by atoms with Gasteiger partial charge in [0.15, 0.2) is 5.78 Å². The lowest BCUT2D eigenvalue weighted by atomic mass is 9.44. The summed E-state index contributed by atoms with van der Waals surface area (Å²) in [7, 11) is 0. The predicted molar refractivity (Wildman–Crippen MR) is 132 cm³/mol. The molecule has 0 bridgehead atoms. The summed E-state index contributed by atoms with van der Waals surface area (Å²) in [5.41, 5.74) is 2.58. The standard InChI is InChI=1S/C30H50O/c1-20(2)8-7-9-21(3)26-12-13-27-25-11-10-24-19-23(18-22(4)31)14-16-29(24,5)28(25)15-17-30(26,27)6/h18,20-21,24-28H,7-17,19H2,1-6H3/t21-,24+,25+,26-,27+,28+,29+,30-/m1/s1. The summed E-state index contributed by atoms with van der Waals surface area (Å²) in [6, 6.07) is 0. The van der Waals surface area contributed by atoms with Crippen molar-refractivity contribution in [3.8, 4) is 0 Å². The molecule has 176 valence electrons. The van der Waals surface area contributed by atoms with Crippen LogP contribution in [0.5, 0.6) is 0 Å². The molecule has 0 heterocycles. The van der Waals surface area contributed by atoms with Crippen molar-refractivity contribution in [1.29, 1.82) is 0 Å². The number of hydrogen-bond donors (Lipinski definition) is 0. The van der Waals surface area contributed by atoms with Crippen LogP contribution in [0.25, 0.3) is 0 Å². The first kappa shape index (κ1) is 23.6. The van der Waals surface area contributed by atoms with Gasteiger partial charge < -0.3 is 0 Å². The first-order valence-corrected chi connectivity index (χ1v) is 13.8. The molecule has 0 spiro atoms. The molecule has 0 radical (unpaired) electrons. The zero-order valence-corrected chi connectivity index (χ0v) is 21.5. The molecule has 0 saturated heterocycles. The number of ketones is 1. The summed E-state index contributed by atoms with van der Waals surface area (Å²) in [5.74, 6) is 6.70. The van der Waals surface area contributed by atoms with Crippen LogP contribution in [-0.2, 0) is 4.79 Å². The molecule has 0 aromatic carbocycles. The van der Waals surface area contributed by atoms with Gasteiger partial charge >= 0.3 is 0 Å². The summed E-state index contributed by atoms with van der Waals surface area (Å²) in [5, 5.41) is 0. The van der Waals surface area contributed by atoms with Gasteiger partial charge in [-0.2, -0.15) is 0 Å². The van der Waals surface area contributed by atoms with E-state index in [1.807, 2.05) is 6.08 Å². The van der Waals surface area contributed by atoms with Gasteiger partial charge in [0.1, 0.15) is 0 Å². The number of hydrogen-bond acceptors (Lipinski definition) is 1. The van der Waals surface area contributed by atoms with Gasteiger partial charge in [-0.1, -0.05) is 59.5 Å². The van der Waals surface area contributed by atoms with E-state index < -0.39 is 0 Å². The van der Waals surface area contributed by atoms with Crippen LogP contribution in [-0.4, -0.2) is 5.78 Å². The highest BCUT2D eigenvalue weighted by molar-refractivity contribution is 5.87. The maximum atomic E-state index is 11.6. The SMILES string of the molecule is CC(=O)C=C1CC[C@@]2(C)[C@@H](CC[C@@H]3[C@@H]2CC[C@]2(C)[C@@H]([C@H](C)CCCC(C)C)CC[C@@H]32)C1. The van der Waals surface area contributed by atoms with E-state index in [4.69, 9.17) is 0 Å². The fraction of sp³-hybridized carbons (Fsp3) is 0.900. The summed E-state index contributed by atoms with van der Waals surface area (Å²) < 4.78 is 0. The van der Waals surface area contributed by atoms with Crippen LogP contribution in [0, 0.1) is 52.3 Å². The van der Waals surface area contributed by atoms with Crippen LogP contribution in [0.15, 0.2) is 11.6 Å². The van der Waals surface area contributed by atoms with Crippen LogP contribution in [0.3, 0.4) is 0 Å². The van der Waals surface area contributed by atoms with Crippen molar-refractivity contribution in [2.24, 2.45) is 52.3 Å². The van der Waals surface area contributed by atoms with Crippen molar-refractivity contribution >= 4 is 5.78 Å². The summed E-state index contributed by atoms with van der Waals surface area (Å²) in [4.78, 5) is 11.6. The smallest absolute Gasteiger partial charge is 0.152 e. The lowest BCUT2D eigenvalue weighted by Crippen LogP contribution is -2.53. The second kappa shape index (κ2) is 8.98. The van der Waals surface area contributed by atoms with Gasteiger partial charge in [-0.3, -0.25) is 4.79 Å². The van der Waals surface area contributed by atoms with Crippen molar-refractivity contribution in [3.05, 3.63) is 11.6 Å². The third-order valence-corrected chi connectivity index (χ3v) is 11.2. The summed E-state index contributed by atoms with van der Waals surface area (Å²) in [6.45, 7) is 14.4. The molecule has 31 heavy (non-hydrogen) atoms. The van der Waals surface area contributed by atoms with E-state index in [2.05, 4.69) is 34.6 Å². The zero-order valence-electron chi connectivity index (χ0n) is 21.5. The van der Waals surface area contributed by atoms with E-state index in [1.54, 1.807) is 6.92 Å². The molecule has 8 atom stereocenters. The number of rotatable bonds is 6. The fourth-order valence-electron chi connectivity index (χ4n) is 9.55. The van der Waals surface area contributed by atoms with Gasteiger partial charge in [-0.05, 0) is 123 Å². The van der Waals surface area contributed by atoms with Crippen LogP contribution in [0.4, 0.5) is 0 Å².